The molecule has 20 heavy (non-hydrogen) atoms. The van der Waals surface area contributed by atoms with Crippen LogP contribution in [0.4, 0.5) is 13.2 Å². The van der Waals surface area contributed by atoms with E-state index in [1.807, 2.05) is 0 Å². The molecule has 1 heterocycles. The van der Waals surface area contributed by atoms with Crippen molar-refractivity contribution in [2.45, 2.75) is 23.3 Å². The molecular weight excluding hydrogens is 295 g/mol. The van der Waals surface area contributed by atoms with Gasteiger partial charge in [-0.15, -0.1) is 0 Å². The molecular formula is C12H12F3NO3S. The molecule has 8 heteroatoms. The van der Waals surface area contributed by atoms with Crippen LogP contribution < -0.4 is 0 Å². The second-order valence-corrected chi connectivity index (χ2v) is 7.23. The van der Waals surface area contributed by atoms with Crippen molar-refractivity contribution in [3.63, 3.8) is 0 Å². The highest BCUT2D eigenvalue weighted by molar-refractivity contribution is 7.89. The molecule has 1 saturated carbocycles. The summed E-state index contributed by atoms with van der Waals surface area (Å²) in [7, 11) is -4.26. The van der Waals surface area contributed by atoms with E-state index < -0.39 is 38.0 Å². The van der Waals surface area contributed by atoms with E-state index in [2.05, 4.69) is 0 Å². The van der Waals surface area contributed by atoms with E-state index in [0.29, 0.717) is 12.1 Å². The van der Waals surface area contributed by atoms with Gasteiger partial charge in [0.2, 0.25) is 10.0 Å². The maximum absolute atomic E-state index is 13.6. The first kappa shape index (κ1) is 13.8. The monoisotopic (exact) mass is 307 g/mol. The predicted molar refractivity (Wildman–Crippen MR) is 62.7 cm³/mol. The number of benzene rings is 1. The van der Waals surface area contributed by atoms with Crippen LogP contribution in [0.15, 0.2) is 17.0 Å². The zero-order valence-corrected chi connectivity index (χ0v) is 11.1. The van der Waals surface area contributed by atoms with Gasteiger partial charge >= 0.3 is 0 Å². The molecule has 0 atom stereocenters. The third-order valence-electron chi connectivity index (χ3n) is 3.86. The van der Waals surface area contributed by atoms with Crippen LogP contribution in [-0.4, -0.2) is 36.5 Å². The van der Waals surface area contributed by atoms with E-state index in [9.17, 15) is 26.7 Å². The molecule has 1 saturated heterocycles. The molecule has 1 aliphatic heterocycles. The van der Waals surface area contributed by atoms with Gasteiger partial charge in [-0.05, 0) is 30.9 Å². The minimum Gasteiger partial charge on any atom is -0.387 e. The van der Waals surface area contributed by atoms with Crippen molar-refractivity contribution >= 4 is 10.0 Å². The highest BCUT2D eigenvalue weighted by Crippen LogP contribution is 2.46. The lowest BCUT2D eigenvalue weighted by atomic mass is 9.91. The number of β-amino-alcohol motifs (C(OH)–C–C–N with tert-alkyl or cyclic N) is 1. The largest absolute Gasteiger partial charge is 0.387 e. The average molecular weight is 307 g/mol. The van der Waals surface area contributed by atoms with E-state index >= 15 is 0 Å². The lowest BCUT2D eigenvalue weighted by Gasteiger charge is -2.45. The maximum atomic E-state index is 13.6. The van der Waals surface area contributed by atoms with Gasteiger partial charge in [0.15, 0.2) is 17.5 Å². The van der Waals surface area contributed by atoms with E-state index in [-0.39, 0.29) is 19.0 Å². The number of hydrogen-bond acceptors (Lipinski definition) is 3. The molecule has 0 unspecified atom stereocenters. The van der Waals surface area contributed by atoms with Gasteiger partial charge in [0.25, 0.3) is 0 Å². The van der Waals surface area contributed by atoms with Crippen molar-refractivity contribution in [3.8, 4) is 0 Å². The highest BCUT2D eigenvalue weighted by Gasteiger charge is 2.55. The van der Waals surface area contributed by atoms with Crippen molar-refractivity contribution in [1.82, 2.24) is 4.31 Å². The molecule has 0 bridgehead atoms. The Labute approximate surface area is 113 Å². The summed E-state index contributed by atoms with van der Waals surface area (Å²) in [5.41, 5.74) is -1.07. The number of aliphatic hydroxyl groups is 1. The van der Waals surface area contributed by atoms with Crippen LogP contribution in [0.2, 0.25) is 0 Å². The van der Waals surface area contributed by atoms with Crippen LogP contribution in [0, 0.1) is 23.4 Å². The predicted octanol–water partition coefficient (Wildman–Crippen LogP) is 1.25. The zero-order valence-electron chi connectivity index (χ0n) is 10.3. The number of hydrogen-bond donors (Lipinski definition) is 1. The molecule has 1 aromatic rings. The molecule has 3 rings (SSSR count). The van der Waals surface area contributed by atoms with E-state index in [0.717, 1.165) is 17.1 Å². The fourth-order valence-corrected chi connectivity index (χ4v) is 4.08. The van der Waals surface area contributed by atoms with Crippen LogP contribution in [0.3, 0.4) is 0 Å². The topological polar surface area (TPSA) is 57.6 Å². The summed E-state index contributed by atoms with van der Waals surface area (Å²) >= 11 is 0. The summed E-state index contributed by atoms with van der Waals surface area (Å²) in [6.07, 6.45) is 1.67. The Kier molecular flexibility index (Phi) is 2.90. The molecule has 0 aromatic heterocycles. The Morgan fingerprint density at radius 1 is 1.15 bits per heavy atom. The Balaban J connectivity index is 1.88. The fraction of sp³-hybridized carbons (Fsp3) is 0.500. The van der Waals surface area contributed by atoms with Gasteiger partial charge in [0.05, 0.1) is 5.60 Å². The van der Waals surface area contributed by atoms with Crippen LogP contribution in [0.25, 0.3) is 0 Å². The van der Waals surface area contributed by atoms with E-state index in [4.69, 9.17) is 0 Å². The van der Waals surface area contributed by atoms with Crippen LogP contribution in [-0.2, 0) is 10.0 Å². The number of nitrogens with zero attached hydrogens (tertiary/aromatic N) is 1. The Hall–Kier alpha value is -1.12. The molecule has 0 radical (unpaired) electrons. The standard InChI is InChI=1S/C12H12F3NO3S/c13-8-3-4-9(11(15)10(8)14)20(18,19)16-5-12(17,6-16)7-1-2-7/h3-4,7,17H,1-2,5-6H2. The smallest absolute Gasteiger partial charge is 0.246 e. The Morgan fingerprint density at radius 2 is 1.75 bits per heavy atom. The third-order valence-corrected chi connectivity index (χ3v) is 5.66. The summed E-state index contributed by atoms with van der Waals surface area (Å²) in [5.74, 6) is -4.92. The lowest BCUT2D eigenvalue weighted by molar-refractivity contribution is -0.0765. The first-order valence-corrected chi connectivity index (χ1v) is 7.56. The molecule has 2 fully saturated rings. The summed E-state index contributed by atoms with van der Waals surface area (Å²) in [4.78, 5) is -0.908. The minimum atomic E-state index is -4.26. The van der Waals surface area contributed by atoms with Crippen molar-refractivity contribution in [3.05, 3.63) is 29.6 Å². The molecule has 110 valence electrons. The average Bonchev–Trinajstić information content (AvgIpc) is 3.16. The molecule has 4 nitrogen and oxygen atoms in total. The maximum Gasteiger partial charge on any atom is 0.246 e. The SMILES string of the molecule is O=S(=O)(c1ccc(F)c(F)c1F)N1CC(O)(C2CC2)C1. The van der Waals surface area contributed by atoms with Crippen molar-refractivity contribution in [2.75, 3.05) is 13.1 Å². The molecule has 0 amide bonds. The fourth-order valence-electron chi connectivity index (χ4n) is 2.46. The summed E-state index contributed by atoms with van der Waals surface area (Å²) < 4.78 is 64.6. The van der Waals surface area contributed by atoms with Gasteiger partial charge in [-0.3, -0.25) is 0 Å². The second-order valence-electron chi connectivity index (χ2n) is 5.32. The van der Waals surface area contributed by atoms with Crippen LogP contribution in [0.1, 0.15) is 12.8 Å². The third kappa shape index (κ3) is 1.94. The highest BCUT2D eigenvalue weighted by atomic mass is 32.2. The van der Waals surface area contributed by atoms with Gasteiger partial charge in [-0.1, -0.05) is 0 Å². The number of rotatable bonds is 3. The van der Waals surface area contributed by atoms with Gasteiger partial charge in [0.1, 0.15) is 4.90 Å². The lowest BCUT2D eigenvalue weighted by Crippen LogP contribution is -2.64. The van der Waals surface area contributed by atoms with Crippen molar-refractivity contribution in [1.29, 1.82) is 0 Å². The normalized spacial score (nSPS) is 22.6. The molecule has 0 spiro atoms. The van der Waals surface area contributed by atoms with Crippen LogP contribution >= 0.6 is 0 Å². The second kappa shape index (κ2) is 4.19. The Bertz CT molecular complexity index is 667. The quantitative estimate of drug-likeness (QED) is 0.855. The molecule has 2 aliphatic rings. The summed E-state index contributed by atoms with van der Waals surface area (Å²) in [6, 6.07) is 1.26. The van der Waals surface area contributed by atoms with Crippen molar-refractivity contribution in [2.24, 2.45) is 5.92 Å². The van der Waals surface area contributed by atoms with Crippen molar-refractivity contribution < 1.29 is 26.7 Å². The molecule has 1 aromatic carbocycles. The number of sulfonamides is 1. The van der Waals surface area contributed by atoms with Gasteiger partial charge in [0, 0.05) is 13.1 Å². The molecule has 1 aliphatic carbocycles. The van der Waals surface area contributed by atoms with Gasteiger partial charge < -0.3 is 5.11 Å². The number of halogens is 3. The minimum absolute atomic E-state index is 0.0729. The van der Waals surface area contributed by atoms with Gasteiger partial charge in [-0.25, -0.2) is 21.6 Å². The first-order chi connectivity index (χ1) is 9.25. The van der Waals surface area contributed by atoms with Gasteiger partial charge in [-0.2, -0.15) is 4.31 Å². The molecule has 1 N–H and O–H groups in total. The Morgan fingerprint density at radius 3 is 2.30 bits per heavy atom. The van der Waals surface area contributed by atoms with E-state index in [1.54, 1.807) is 0 Å². The first-order valence-electron chi connectivity index (χ1n) is 6.12. The summed E-state index contributed by atoms with van der Waals surface area (Å²) in [6.45, 7) is -0.281. The van der Waals surface area contributed by atoms with E-state index in [1.165, 1.54) is 0 Å². The summed E-state index contributed by atoms with van der Waals surface area (Å²) in [5, 5.41) is 10.1. The zero-order chi connectivity index (χ0) is 14.7. The van der Waals surface area contributed by atoms with Crippen LogP contribution in [0.5, 0.6) is 0 Å².